The molecule has 0 unspecified atom stereocenters. The van der Waals surface area contributed by atoms with E-state index < -0.39 is 6.10 Å². The summed E-state index contributed by atoms with van der Waals surface area (Å²) in [6, 6.07) is 0. The van der Waals surface area contributed by atoms with E-state index in [4.69, 9.17) is 14.2 Å². The van der Waals surface area contributed by atoms with Crippen molar-refractivity contribution in [1.82, 2.24) is 0 Å². The third kappa shape index (κ3) is 50.0. The van der Waals surface area contributed by atoms with Crippen LogP contribution in [0.5, 0.6) is 0 Å². The third-order valence-electron chi connectivity index (χ3n) is 11.5. The molecular formula is C57H100O6. The van der Waals surface area contributed by atoms with Crippen LogP contribution < -0.4 is 0 Å². The Morgan fingerprint density at radius 3 is 1.03 bits per heavy atom. The standard InChI is InChI=1S/C57H100O6/c1-4-7-10-13-16-19-22-24-26-28-30-32-35-37-40-43-46-49-55(58)61-52-54(63-57(60)51-48-45-42-39-34-21-18-15-12-9-6-3)53-62-56(59)50-47-44-41-38-36-33-31-29-27-25-23-20-17-14-11-8-5-2/h7,10,15-16,18-19,24,26,30,32,54H,4-6,8-9,11-14,17,20-23,25,27-29,31,33-53H2,1-3H3/b10-7-,18-15-,19-16-,26-24-,32-30-/t54-/m1/s1. The zero-order chi connectivity index (χ0) is 45.8. The second-order valence-electron chi connectivity index (χ2n) is 17.8. The van der Waals surface area contributed by atoms with E-state index in [1.807, 2.05) is 0 Å². The molecule has 0 radical (unpaired) electrons. The quantitative estimate of drug-likeness (QED) is 0.0262. The molecular weight excluding hydrogens is 781 g/mol. The van der Waals surface area contributed by atoms with Crippen LogP contribution in [0.25, 0.3) is 0 Å². The van der Waals surface area contributed by atoms with Gasteiger partial charge in [-0.2, -0.15) is 0 Å². The first-order chi connectivity index (χ1) is 31.0. The Labute approximate surface area is 390 Å². The lowest BCUT2D eigenvalue weighted by Crippen LogP contribution is -2.30. The molecule has 0 spiro atoms. The molecule has 0 bridgehead atoms. The highest BCUT2D eigenvalue weighted by molar-refractivity contribution is 5.71. The van der Waals surface area contributed by atoms with Gasteiger partial charge in [-0.15, -0.1) is 0 Å². The summed E-state index contributed by atoms with van der Waals surface area (Å²) in [4.78, 5) is 38.0. The van der Waals surface area contributed by atoms with Crippen LogP contribution in [-0.2, 0) is 28.6 Å². The van der Waals surface area contributed by atoms with Gasteiger partial charge < -0.3 is 14.2 Å². The molecule has 0 aliphatic carbocycles. The molecule has 0 aliphatic heterocycles. The van der Waals surface area contributed by atoms with E-state index >= 15 is 0 Å². The fourth-order valence-corrected chi connectivity index (χ4v) is 7.47. The summed E-state index contributed by atoms with van der Waals surface area (Å²) in [5.41, 5.74) is 0. The molecule has 0 heterocycles. The summed E-state index contributed by atoms with van der Waals surface area (Å²) in [6.45, 7) is 6.48. The Balaban J connectivity index is 4.36. The normalized spacial score (nSPS) is 12.5. The molecule has 0 N–H and O–H groups in total. The molecule has 0 aromatic carbocycles. The van der Waals surface area contributed by atoms with Crippen LogP contribution >= 0.6 is 0 Å². The Bertz CT molecular complexity index is 1150. The van der Waals surface area contributed by atoms with Gasteiger partial charge in [-0.1, -0.05) is 229 Å². The number of esters is 3. The number of unbranched alkanes of at least 4 members (excludes halogenated alkanes) is 27. The molecule has 0 aromatic heterocycles. The molecule has 0 saturated heterocycles. The zero-order valence-corrected chi connectivity index (χ0v) is 41.6. The van der Waals surface area contributed by atoms with Crippen molar-refractivity contribution in [3.63, 3.8) is 0 Å². The van der Waals surface area contributed by atoms with Crippen molar-refractivity contribution < 1.29 is 28.6 Å². The largest absolute Gasteiger partial charge is 0.462 e. The van der Waals surface area contributed by atoms with Crippen molar-refractivity contribution in [2.45, 2.75) is 271 Å². The first-order valence-corrected chi connectivity index (χ1v) is 26.8. The molecule has 0 saturated carbocycles. The van der Waals surface area contributed by atoms with Crippen molar-refractivity contribution in [2.24, 2.45) is 0 Å². The van der Waals surface area contributed by atoms with Crippen LogP contribution in [0.15, 0.2) is 60.8 Å². The lowest BCUT2D eigenvalue weighted by Gasteiger charge is -2.18. The van der Waals surface area contributed by atoms with Gasteiger partial charge in [0.1, 0.15) is 13.2 Å². The van der Waals surface area contributed by atoms with Crippen LogP contribution in [-0.4, -0.2) is 37.2 Å². The second kappa shape index (κ2) is 51.7. The number of hydrogen-bond acceptors (Lipinski definition) is 6. The van der Waals surface area contributed by atoms with E-state index in [2.05, 4.69) is 81.5 Å². The maximum absolute atomic E-state index is 12.8. The minimum absolute atomic E-state index is 0.0834. The lowest BCUT2D eigenvalue weighted by atomic mass is 10.0. The molecule has 1 atom stereocenters. The first kappa shape index (κ1) is 60.1. The minimum atomic E-state index is -0.786. The summed E-state index contributed by atoms with van der Waals surface area (Å²) >= 11 is 0. The average molecular weight is 881 g/mol. The van der Waals surface area contributed by atoms with Gasteiger partial charge in [0.05, 0.1) is 0 Å². The fraction of sp³-hybridized carbons (Fsp3) is 0.772. The molecule has 364 valence electrons. The smallest absolute Gasteiger partial charge is 0.306 e. The van der Waals surface area contributed by atoms with Crippen LogP contribution in [0.2, 0.25) is 0 Å². The van der Waals surface area contributed by atoms with E-state index in [0.717, 1.165) is 109 Å². The number of hydrogen-bond donors (Lipinski definition) is 0. The van der Waals surface area contributed by atoms with E-state index in [9.17, 15) is 14.4 Å². The van der Waals surface area contributed by atoms with Gasteiger partial charge in [-0.3, -0.25) is 14.4 Å². The highest BCUT2D eigenvalue weighted by atomic mass is 16.6. The number of ether oxygens (including phenoxy) is 3. The van der Waals surface area contributed by atoms with Crippen molar-refractivity contribution in [1.29, 1.82) is 0 Å². The third-order valence-corrected chi connectivity index (χ3v) is 11.5. The van der Waals surface area contributed by atoms with Crippen molar-refractivity contribution in [3.05, 3.63) is 60.8 Å². The summed E-state index contributed by atoms with van der Waals surface area (Å²) in [7, 11) is 0. The van der Waals surface area contributed by atoms with Gasteiger partial charge in [0.15, 0.2) is 6.10 Å². The van der Waals surface area contributed by atoms with E-state index in [0.29, 0.717) is 19.3 Å². The van der Waals surface area contributed by atoms with Gasteiger partial charge in [-0.05, 0) is 77.0 Å². The van der Waals surface area contributed by atoms with Gasteiger partial charge in [0.25, 0.3) is 0 Å². The van der Waals surface area contributed by atoms with Crippen LogP contribution in [0.1, 0.15) is 265 Å². The molecule has 0 rings (SSSR count). The molecule has 0 aromatic rings. The molecule has 0 amide bonds. The Hall–Kier alpha value is -2.89. The average Bonchev–Trinajstić information content (AvgIpc) is 3.28. The molecule has 0 fully saturated rings. The Kier molecular flexibility index (Phi) is 49.4. The predicted octanol–water partition coefficient (Wildman–Crippen LogP) is 17.6. The second-order valence-corrected chi connectivity index (χ2v) is 17.8. The van der Waals surface area contributed by atoms with Gasteiger partial charge >= 0.3 is 17.9 Å². The van der Waals surface area contributed by atoms with Crippen molar-refractivity contribution >= 4 is 17.9 Å². The van der Waals surface area contributed by atoms with Gasteiger partial charge in [0.2, 0.25) is 0 Å². The Morgan fingerprint density at radius 1 is 0.333 bits per heavy atom. The number of carbonyl (C=O) groups is 3. The highest BCUT2D eigenvalue weighted by Gasteiger charge is 2.19. The summed E-state index contributed by atoms with van der Waals surface area (Å²) in [5.74, 6) is -0.911. The number of rotatable bonds is 48. The minimum Gasteiger partial charge on any atom is -0.462 e. The van der Waals surface area contributed by atoms with Crippen LogP contribution in [0, 0.1) is 0 Å². The molecule has 0 aliphatic rings. The number of carbonyl (C=O) groups excluding carboxylic acids is 3. The maximum Gasteiger partial charge on any atom is 0.306 e. The number of allylic oxidation sites excluding steroid dienone is 10. The van der Waals surface area contributed by atoms with Gasteiger partial charge in [0, 0.05) is 19.3 Å². The lowest BCUT2D eigenvalue weighted by molar-refractivity contribution is -0.167. The van der Waals surface area contributed by atoms with Crippen molar-refractivity contribution in [3.8, 4) is 0 Å². The SMILES string of the molecule is CC/C=C\C/C=C\C/C=C\C/C=C\CCCCCCC(=O)OC[C@H](COC(=O)CCCCCCCCCCCCCCCCCCC)OC(=O)CCCCCCC/C=C\CCCC. The van der Waals surface area contributed by atoms with Crippen LogP contribution in [0.4, 0.5) is 0 Å². The van der Waals surface area contributed by atoms with Crippen molar-refractivity contribution in [2.75, 3.05) is 13.2 Å². The zero-order valence-electron chi connectivity index (χ0n) is 41.6. The topological polar surface area (TPSA) is 78.9 Å². The predicted molar refractivity (Wildman–Crippen MR) is 270 cm³/mol. The van der Waals surface area contributed by atoms with Crippen LogP contribution in [0.3, 0.4) is 0 Å². The highest BCUT2D eigenvalue weighted by Crippen LogP contribution is 2.16. The first-order valence-electron chi connectivity index (χ1n) is 26.8. The molecule has 6 nitrogen and oxygen atoms in total. The van der Waals surface area contributed by atoms with E-state index in [1.54, 1.807) is 0 Å². The summed E-state index contributed by atoms with van der Waals surface area (Å²) in [5, 5.41) is 0. The summed E-state index contributed by atoms with van der Waals surface area (Å²) < 4.78 is 16.8. The maximum atomic E-state index is 12.8. The molecule has 6 heteroatoms. The molecule has 63 heavy (non-hydrogen) atoms. The van der Waals surface area contributed by atoms with E-state index in [1.165, 1.54) is 116 Å². The van der Waals surface area contributed by atoms with E-state index in [-0.39, 0.29) is 31.1 Å². The monoisotopic (exact) mass is 881 g/mol. The fourth-order valence-electron chi connectivity index (χ4n) is 7.47. The Morgan fingerprint density at radius 2 is 0.635 bits per heavy atom. The van der Waals surface area contributed by atoms with Gasteiger partial charge in [-0.25, -0.2) is 0 Å². The summed E-state index contributed by atoms with van der Waals surface area (Å²) in [6.07, 6.45) is 63.5.